The molecular weight excluding hydrogens is 270 g/mol. The van der Waals surface area contributed by atoms with E-state index < -0.39 is 17.9 Å². The molecule has 0 heterocycles. The van der Waals surface area contributed by atoms with Crippen LogP contribution in [0.25, 0.3) is 0 Å². The summed E-state index contributed by atoms with van der Waals surface area (Å²) in [5.41, 5.74) is 0.653. The van der Waals surface area contributed by atoms with E-state index in [-0.39, 0.29) is 6.54 Å². The zero-order chi connectivity index (χ0) is 14.4. The van der Waals surface area contributed by atoms with Gasteiger partial charge in [-0.25, -0.2) is 4.79 Å². The minimum absolute atomic E-state index is 0.00325. The molecule has 6 nitrogen and oxygen atoms in total. The molecule has 0 aromatic heterocycles. The maximum Gasteiger partial charge on any atom is 0.319 e. The van der Waals surface area contributed by atoms with E-state index in [9.17, 15) is 9.59 Å². The topological polar surface area (TPSA) is 102 Å². The summed E-state index contributed by atoms with van der Waals surface area (Å²) in [4.78, 5) is 22.1. The number of anilines is 1. The summed E-state index contributed by atoms with van der Waals surface area (Å²) < 4.78 is 0. The number of nitrogens with one attached hydrogen (secondary N) is 2. The first kappa shape index (κ1) is 14.8. The van der Waals surface area contributed by atoms with E-state index in [1.165, 1.54) is 25.1 Å². The standard InChI is InChI=1S/C12H12ClN3O3/c1-7(11(17)18)6-15-12(19)16-10-4-8(5-14)2-3-9(10)13/h2-4,7H,6H2,1H3,(H,17,18)(H2,15,16,19). The Morgan fingerprint density at radius 1 is 1.53 bits per heavy atom. The number of urea groups is 1. The SMILES string of the molecule is CC(CNC(=O)Nc1cc(C#N)ccc1Cl)C(=O)O. The third-order valence-electron chi connectivity index (χ3n) is 2.33. The van der Waals surface area contributed by atoms with E-state index >= 15 is 0 Å². The maximum absolute atomic E-state index is 11.5. The highest BCUT2D eigenvalue weighted by molar-refractivity contribution is 6.33. The molecule has 0 aliphatic rings. The lowest BCUT2D eigenvalue weighted by Gasteiger charge is -2.11. The van der Waals surface area contributed by atoms with Gasteiger partial charge < -0.3 is 15.7 Å². The normalized spacial score (nSPS) is 11.2. The molecular formula is C12H12ClN3O3. The van der Waals surface area contributed by atoms with Gasteiger partial charge in [-0.15, -0.1) is 0 Å². The highest BCUT2D eigenvalue weighted by atomic mass is 35.5. The van der Waals surface area contributed by atoms with Crippen LogP contribution >= 0.6 is 11.6 Å². The number of carboxylic acids is 1. The van der Waals surface area contributed by atoms with Crippen molar-refractivity contribution in [2.75, 3.05) is 11.9 Å². The Kier molecular flexibility index (Phi) is 5.15. The number of amides is 2. The smallest absolute Gasteiger partial charge is 0.319 e. The van der Waals surface area contributed by atoms with Crippen molar-refractivity contribution >= 4 is 29.3 Å². The summed E-state index contributed by atoms with van der Waals surface area (Å²) in [6.07, 6.45) is 0. The summed E-state index contributed by atoms with van der Waals surface area (Å²) in [5.74, 6) is -1.68. The van der Waals surface area contributed by atoms with Gasteiger partial charge in [0.25, 0.3) is 0 Å². The molecule has 0 aliphatic carbocycles. The van der Waals surface area contributed by atoms with Crippen molar-refractivity contribution in [2.24, 2.45) is 5.92 Å². The number of carbonyl (C=O) groups is 2. The molecule has 100 valence electrons. The van der Waals surface area contributed by atoms with Crippen molar-refractivity contribution in [3.8, 4) is 6.07 Å². The predicted molar refractivity (Wildman–Crippen MR) is 70.0 cm³/mol. The number of hydrogen-bond acceptors (Lipinski definition) is 3. The number of nitrogens with zero attached hydrogens (tertiary/aromatic N) is 1. The van der Waals surface area contributed by atoms with Crippen LogP contribution in [-0.4, -0.2) is 23.7 Å². The first-order valence-electron chi connectivity index (χ1n) is 5.41. The Labute approximate surface area is 115 Å². The van der Waals surface area contributed by atoms with Gasteiger partial charge >= 0.3 is 12.0 Å². The monoisotopic (exact) mass is 281 g/mol. The third-order valence-corrected chi connectivity index (χ3v) is 2.66. The number of nitriles is 1. The van der Waals surface area contributed by atoms with Gasteiger partial charge in [-0.1, -0.05) is 18.5 Å². The summed E-state index contributed by atoms with van der Waals surface area (Å²) in [6, 6.07) is 5.80. The van der Waals surface area contributed by atoms with E-state index in [0.29, 0.717) is 16.3 Å². The average Bonchev–Trinajstić information content (AvgIpc) is 2.38. The van der Waals surface area contributed by atoms with Crippen LogP contribution < -0.4 is 10.6 Å². The van der Waals surface area contributed by atoms with Crippen LogP contribution in [0.1, 0.15) is 12.5 Å². The van der Waals surface area contributed by atoms with Crippen molar-refractivity contribution in [3.63, 3.8) is 0 Å². The van der Waals surface area contributed by atoms with E-state index in [2.05, 4.69) is 10.6 Å². The van der Waals surface area contributed by atoms with Crippen LogP contribution in [0.4, 0.5) is 10.5 Å². The average molecular weight is 282 g/mol. The molecule has 0 radical (unpaired) electrons. The van der Waals surface area contributed by atoms with E-state index in [1.807, 2.05) is 6.07 Å². The maximum atomic E-state index is 11.5. The highest BCUT2D eigenvalue weighted by Gasteiger charge is 2.12. The molecule has 1 aromatic carbocycles. The number of halogens is 1. The molecule has 0 fully saturated rings. The highest BCUT2D eigenvalue weighted by Crippen LogP contribution is 2.22. The molecule has 0 saturated heterocycles. The molecule has 0 spiro atoms. The minimum Gasteiger partial charge on any atom is -0.481 e. The molecule has 1 aromatic rings. The molecule has 1 atom stereocenters. The van der Waals surface area contributed by atoms with Gasteiger partial charge in [-0.05, 0) is 18.2 Å². The third kappa shape index (κ3) is 4.48. The number of aliphatic carboxylic acids is 1. The second-order valence-electron chi connectivity index (χ2n) is 3.88. The first-order valence-corrected chi connectivity index (χ1v) is 5.79. The predicted octanol–water partition coefficient (Wildman–Crippen LogP) is 2.05. The molecule has 1 unspecified atom stereocenters. The lowest BCUT2D eigenvalue weighted by atomic mass is 10.2. The Hall–Kier alpha value is -2.26. The molecule has 1 rings (SSSR count). The Morgan fingerprint density at radius 3 is 2.79 bits per heavy atom. The van der Waals surface area contributed by atoms with E-state index in [4.69, 9.17) is 22.0 Å². The van der Waals surface area contributed by atoms with Crippen LogP contribution in [0, 0.1) is 17.2 Å². The second-order valence-corrected chi connectivity index (χ2v) is 4.29. The van der Waals surface area contributed by atoms with Gasteiger partial charge in [-0.2, -0.15) is 5.26 Å². The van der Waals surface area contributed by atoms with Crippen molar-refractivity contribution in [1.82, 2.24) is 5.32 Å². The molecule has 3 N–H and O–H groups in total. The number of rotatable bonds is 4. The fourth-order valence-corrected chi connectivity index (χ4v) is 1.36. The van der Waals surface area contributed by atoms with Crippen LogP contribution in [0.5, 0.6) is 0 Å². The van der Waals surface area contributed by atoms with Crippen LogP contribution in [-0.2, 0) is 4.79 Å². The number of benzene rings is 1. The lowest BCUT2D eigenvalue weighted by Crippen LogP contribution is -2.34. The number of carboxylic acid groups (broad SMARTS) is 1. The van der Waals surface area contributed by atoms with Crippen molar-refractivity contribution in [2.45, 2.75) is 6.92 Å². The molecule has 2 amide bonds. The zero-order valence-electron chi connectivity index (χ0n) is 10.1. The Balaban J connectivity index is 2.62. The van der Waals surface area contributed by atoms with Crippen molar-refractivity contribution in [3.05, 3.63) is 28.8 Å². The number of hydrogen-bond donors (Lipinski definition) is 3. The molecule has 0 saturated carbocycles. The molecule has 0 bridgehead atoms. The van der Waals surface area contributed by atoms with E-state index in [1.54, 1.807) is 0 Å². The molecule has 19 heavy (non-hydrogen) atoms. The van der Waals surface area contributed by atoms with Gasteiger partial charge in [0, 0.05) is 6.54 Å². The summed E-state index contributed by atoms with van der Waals surface area (Å²) >= 11 is 5.86. The summed E-state index contributed by atoms with van der Waals surface area (Å²) in [5, 5.41) is 22.6. The molecule has 7 heteroatoms. The first-order chi connectivity index (χ1) is 8.93. The van der Waals surface area contributed by atoms with E-state index in [0.717, 1.165) is 0 Å². The molecule has 0 aliphatic heterocycles. The zero-order valence-corrected chi connectivity index (χ0v) is 10.9. The van der Waals surface area contributed by atoms with Crippen LogP contribution in [0.2, 0.25) is 5.02 Å². The van der Waals surface area contributed by atoms with Crippen LogP contribution in [0.15, 0.2) is 18.2 Å². The van der Waals surface area contributed by atoms with Gasteiger partial charge in [0.2, 0.25) is 0 Å². The van der Waals surface area contributed by atoms with Crippen molar-refractivity contribution in [1.29, 1.82) is 5.26 Å². The Bertz CT molecular complexity index is 540. The summed E-state index contributed by atoms with van der Waals surface area (Å²) in [7, 11) is 0. The van der Waals surface area contributed by atoms with Crippen LogP contribution in [0.3, 0.4) is 0 Å². The van der Waals surface area contributed by atoms with Gasteiger partial charge in [0.15, 0.2) is 0 Å². The van der Waals surface area contributed by atoms with Gasteiger partial charge in [0.1, 0.15) is 0 Å². The summed E-state index contributed by atoms with van der Waals surface area (Å²) in [6.45, 7) is 1.47. The fraction of sp³-hybridized carbons (Fsp3) is 0.250. The van der Waals surface area contributed by atoms with Gasteiger partial charge in [0.05, 0.1) is 28.3 Å². The quantitative estimate of drug-likeness (QED) is 0.786. The Morgan fingerprint density at radius 2 is 2.21 bits per heavy atom. The second kappa shape index (κ2) is 6.61. The lowest BCUT2D eigenvalue weighted by molar-refractivity contribution is -0.140. The van der Waals surface area contributed by atoms with Crippen molar-refractivity contribution < 1.29 is 14.7 Å². The minimum atomic E-state index is -0.996. The fourth-order valence-electron chi connectivity index (χ4n) is 1.19. The number of carbonyl (C=O) groups excluding carboxylic acids is 1. The largest absolute Gasteiger partial charge is 0.481 e. The van der Waals surface area contributed by atoms with Gasteiger partial charge in [-0.3, -0.25) is 4.79 Å².